The van der Waals surface area contributed by atoms with E-state index < -0.39 is 11.5 Å². The van der Waals surface area contributed by atoms with E-state index in [0.717, 1.165) is 0 Å². The summed E-state index contributed by atoms with van der Waals surface area (Å²) in [4.78, 5) is 27.2. The summed E-state index contributed by atoms with van der Waals surface area (Å²) in [6.45, 7) is 0. The van der Waals surface area contributed by atoms with Crippen LogP contribution in [0.1, 0.15) is 10.5 Å². The highest BCUT2D eigenvalue weighted by Crippen LogP contribution is 2.14. The lowest BCUT2D eigenvalue weighted by Gasteiger charge is -1.99. The molecule has 0 saturated heterocycles. The maximum atomic E-state index is 13.2. The maximum absolute atomic E-state index is 13.2. The number of benzene rings is 1. The molecule has 2 rings (SSSR count). The van der Waals surface area contributed by atoms with Crippen molar-refractivity contribution < 1.29 is 9.18 Å². The molecule has 0 amide bonds. The molecule has 0 atom stereocenters. The Kier molecular flexibility index (Phi) is 1.85. The fraction of sp³-hybridized carbons (Fsp3) is 0. The van der Waals surface area contributed by atoms with Crippen molar-refractivity contribution in [1.29, 1.82) is 0 Å². The van der Waals surface area contributed by atoms with Crippen molar-refractivity contribution in [2.75, 3.05) is 0 Å². The Morgan fingerprint density at radius 3 is 2.93 bits per heavy atom. The molecule has 0 aliphatic carbocycles. The lowest BCUT2D eigenvalue weighted by atomic mass is 10.2. The molecule has 0 bridgehead atoms. The van der Waals surface area contributed by atoms with Crippen molar-refractivity contribution >= 4 is 17.2 Å². The van der Waals surface area contributed by atoms with E-state index in [1.54, 1.807) is 0 Å². The Bertz CT molecular complexity index is 562. The Balaban J connectivity index is 3.02. The van der Waals surface area contributed by atoms with E-state index in [1.807, 2.05) is 0 Å². The summed E-state index contributed by atoms with van der Waals surface area (Å²) in [5, 5.41) is 0.305. The molecule has 0 fully saturated rings. The number of hydrogen-bond donors (Lipinski definition) is 1. The standard InChI is InChI=1S/C9H5FN2O2/c10-6-3-1-2-5-7(4-13)11-9(14)12-8(5)6/h1-4H,(H,11,12,14). The van der Waals surface area contributed by atoms with E-state index in [0.29, 0.717) is 11.7 Å². The van der Waals surface area contributed by atoms with Gasteiger partial charge in [-0.05, 0) is 6.07 Å². The normalized spacial score (nSPS) is 10.4. The smallest absolute Gasteiger partial charge is 0.302 e. The average Bonchev–Trinajstić information content (AvgIpc) is 2.18. The predicted molar refractivity (Wildman–Crippen MR) is 47.7 cm³/mol. The van der Waals surface area contributed by atoms with Crippen molar-refractivity contribution in [3.05, 3.63) is 40.2 Å². The number of aldehydes is 1. The molecule has 1 heterocycles. The Morgan fingerprint density at radius 2 is 2.21 bits per heavy atom. The first-order valence-corrected chi connectivity index (χ1v) is 3.86. The molecular formula is C9H5FN2O2. The van der Waals surface area contributed by atoms with Crippen LogP contribution in [0.3, 0.4) is 0 Å². The fourth-order valence-corrected chi connectivity index (χ4v) is 1.25. The fourth-order valence-electron chi connectivity index (χ4n) is 1.25. The van der Waals surface area contributed by atoms with Crippen molar-refractivity contribution in [2.24, 2.45) is 0 Å². The van der Waals surface area contributed by atoms with Crippen LogP contribution >= 0.6 is 0 Å². The van der Waals surface area contributed by atoms with Gasteiger partial charge in [-0.3, -0.25) is 4.79 Å². The quantitative estimate of drug-likeness (QED) is 0.682. The van der Waals surface area contributed by atoms with E-state index in [2.05, 4.69) is 9.97 Å². The molecule has 1 aromatic carbocycles. The molecular weight excluding hydrogens is 187 g/mol. The molecule has 2 aromatic rings. The molecule has 0 aliphatic heterocycles. The van der Waals surface area contributed by atoms with Crippen LogP contribution in [0.25, 0.3) is 10.9 Å². The van der Waals surface area contributed by atoms with Crippen LogP contribution in [0.5, 0.6) is 0 Å². The van der Waals surface area contributed by atoms with Gasteiger partial charge in [-0.2, -0.15) is 4.98 Å². The lowest BCUT2D eigenvalue weighted by Crippen LogP contribution is -2.13. The zero-order valence-corrected chi connectivity index (χ0v) is 6.95. The molecule has 4 nitrogen and oxygen atoms in total. The molecule has 0 spiro atoms. The van der Waals surface area contributed by atoms with Crippen LogP contribution in [0.15, 0.2) is 23.0 Å². The molecule has 70 valence electrons. The molecule has 5 heteroatoms. The Hall–Kier alpha value is -2.04. The van der Waals surface area contributed by atoms with E-state index in [4.69, 9.17) is 0 Å². The number of aromatic amines is 1. The highest BCUT2D eigenvalue weighted by atomic mass is 19.1. The molecule has 0 unspecified atom stereocenters. The minimum atomic E-state index is -0.732. The van der Waals surface area contributed by atoms with Crippen molar-refractivity contribution in [3.8, 4) is 0 Å². The highest BCUT2D eigenvalue weighted by molar-refractivity contribution is 5.94. The molecule has 0 radical (unpaired) electrons. The minimum Gasteiger partial charge on any atom is -0.302 e. The van der Waals surface area contributed by atoms with E-state index in [9.17, 15) is 14.0 Å². The predicted octanol–water partition coefficient (Wildman–Crippen LogP) is 0.875. The summed E-state index contributed by atoms with van der Waals surface area (Å²) in [5.41, 5.74) is -0.775. The second-order valence-corrected chi connectivity index (χ2v) is 2.71. The number of rotatable bonds is 1. The second kappa shape index (κ2) is 3.02. The Labute approximate surface area is 77.4 Å². The van der Waals surface area contributed by atoms with Gasteiger partial charge in [0.2, 0.25) is 0 Å². The monoisotopic (exact) mass is 192 g/mol. The third-order valence-corrected chi connectivity index (χ3v) is 1.85. The summed E-state index contributed by atoms with van der Waals surface area (Å²) in [7, 11) is 0. The minimum absolute atomic E-state index is 0.0412. The summed E-state index contributed by atoms with van der Waals surface area (Å²) < 4.78 is 13.2. The first kappa shape index (κ1) is 8.55. The zero-order chi connectivity index (χ0) is 10.1. The van der Waals surface area contributed by atoms with Crippen LogP contribution in [0.2, 0.25) is 0 Å². The molecule has 14 heavy (non-hydrogen) atoms. The van der Waals surface area contributed by atoms with E-state index in [-0.39, 0.29) is 11.2 Å². The number of halogens is 1. The third kappa shape index (κ3) is 1.19. The Morgan fingerprint density at radius 1 is 1.43 bits per heavy atom. The van der Waals surface area contributed by atoms with Crippen LogP contribution in [-0.2, 0) is 0 Å². The third-order valence-electron chi connectivity index (χ3n) is 1.85. The molecule has 1 N–H and O–H groups in total. The van der Waals surface area contributed by atoms with Crippen molar-refractivity contribution in [3.63, 3.8) is 0 Å². The molecule has 1 aromatic heterocycles. The van der Waals surface area contributed by atoms with Crippen LogP contribution in [0, 0.1) is 5.82 Å². The maximum Gasteiger partial charge on any atom is 0.346 e. The van der Waals surface area contributed by atoms with Crippen LogP contribution in [-0.4, -0.2) is 16.3 Å². The lowest BCUT2D eigenvalue weighted by molar-refractivity contribution is 0.112. The number of hydrogen-bond acceptors (Lipinski definition) is 3. The number of nitrogens with zero attached hydrogens (tertiary/aromatic N) is 1. The van der Waals surface area contributed by atoms with Gasteiger partial charge >= 0.3 is 5.69 Å². The van der Waals surface area contributed by atoms with Crippen molar-refractivity contribution in [2.45, 2.75) is 0 Å². The number of para-hydroxylation sites is 1. The largest absolute Gasteiger partial charge is 0.346 e. The van der Waals surface area contributed by atoms with E-state index in [1.165, 1.54) is 18.2 Å². The number of fused-ring (bicyclic) bond motifs is 1. The zero-order valence-electron chi connectivity index (χ0n) is 6.95. The molecule has 0 aliphatic rings. The highest BCUT2D eigenvalue weighted by Gasteiger charge is 2.06. The summed E-state index contributed by atoms with van der Waals surface area (Å²) in [6, 6.07) is 4.15. The van der Waals surface area contributed by atoms with Gasteiger partial charge in [-0.1, -0.05) is 12.1 Å². The number of H-pyrrole nitrogens is 1. The SMILES string of the molecule is O=Cc1[nH]c(=O)nc2c(F)cccc12. The van der Waals surface area contributed by atoms with Crippen LogP contribution < -0.4 is 5.69 Å². The summed E-state index contributed by atoms with van der Waals surface area (Å²) >= 11 is 0. The van der Waals surface area contributed by atoms with Gasteiger partial charge in [0.25, 0.3) is 0 Å². The number of carbonyl (C=O) groups excluding carboxylic acids is 1. The average molecular weight is 192 g/mol. The number of nitrogens with one attached hydrogen (secondary N) is 1. The van der Waals surface area contributed by atoms with Gasteiger partial charge < -0.3 is 4.98 Å². The molecule has 0 saturated carbocycles. The van der Waals surface area contributed by atoms with Crippen LogP contribution in [0.4, 0.5) is 4.39 Å². The summed E-state index contributed by atoms with van der Waals surface area (Å²) in [5.74, 6) is -0.614. The van der Waals surface area contributed by atoms with E-state index >= 15 is 0 Å². The van der Waals surface area contributed by atoms with Gasteiger partial charge in [0, 0.05) is 5.39 Å². The number of carbonyl (C=O) groups is 1. The van der Waals surface area contributed by atoms with Gasteiger partial charge in [0.05, 0.1) is 5.69 Å². The van der Waals surface area contributed by atoms with Gasteiger partial charge in [0.15, 0.2) is 6.29 Å². The van der Waals surface area contributed by atoms with Gasteiger partial charge in [-0.25, -0.2) is 9.18 Å². The first-order valence-electron chi connectivity index (χ1n) is 3.86. The second-order valence-electron chi connectivity index (χ2n) is 2.71. The van der Waals surface area contributed by atoms with Crippen molar-refractivity contribution in [1.82, 2.24) is 9.97 Å². The topological polar surface area (TPSA) is 62.8 Å². The van der Waals surface area contributed by atoms with Gasteiger partial charge in [0.1, 0.15) is 11.3 Å². The summed E-state index contributed by atoms with van der Waals surface area (Å²) in [6.07, 6.45) is 0.463. The first-order chi connectivity index (χ1) is 6.72. The number of aromatic nitrogens is 2. The van der Waals surface area contributed by atoms with Gasteiger partial charge in [-0.15, -0.1) is 0 Å².